The number of nitrogens with zero attached hydrogens (tertiary/aromatic N) is 2. The average molecular weight is 439 g/mol. The van der Waals surface area contributed by atoms with E-state index in [1.54, 1.807) is 0 Å². The van der Waals surface area contributed by atoms with Crippen molar-refractivity contribution in [3.05, 3.63) is 143 Å². The first-order chi connectivity index (χ1) is 16.8. The monoisotopic (exact) mass is 438 g/mol. The second-order valence-electron chi connectivity index (χ2n) is 9.44. The molecule has 2 aromatic heterocycles. The molecule has 0 spiro atoms. The highest BCUT2D eigenvalue weighted by molar-refractivity contribution is 5.94. The van der Waals surface area contributed by atoms with E-state index in [2.05, 4.69) is 132 Å². The first-order valence-electron chi connectivity index (χ1n) is 12.0. The minimum atomic E-state index is 0.176. The van der Waals surface area contributed by atoms with E-state index in [4.69, 9.17) is 0 Å². The van der Waals surface area contributed by atoms with E-state index in [-0.39, 0.29) is 11.8 Å². The number of aromatic nitrogens is 2. The van der Waals surface area contributed by atoms with Gasteiger partial charge in [-0.1, -0.05) is 97.1 Å². The van der Waals surface area contributed by atoms with Crippen LogP contribution in [0.3, 0.4) is 0 Å². The Morgan fingerprint density at radius 3 is 1.21 bits per heavy atom. The first-order valence-corrected chi connectivity index (χ1v) is 12.0. The van der Waals surface area contributed by atoms with Gasteiger partial charge in [-0.2, -0.15) is 0 Å². The molecule has 1 aliphatic rings. The van der Waals surface area contributed by atoms with E-state index in [9.17, 15) is 0 Å². The molecule has 0 bridgehead atoms. The lowest BCUT2D eigenvalue weighted by Crippen LogP contribution is -2.22. The molecule has 0 radical (unpaired) electrons. The number of rotatable bonds is 2. The van der Waals surface area contributed by atoms with Crippen molar-refractivity contribution < 1.29 is 0 Å². The molecule has 0 saturated heterocycles. The molecule has 7 rings (SSSR count). The molecule has 0 N–H and O–H groups in total. The smallest absolute Gasteiger partial charge is 0.0520 e. The maximum atomic E-state index is 2.45. The van der Waals surface area contributed by atoms with E-state index in [0.29, 0.717) is 0 Å². The van der Waals surface area contributed by atoms with Crippen molar-refractivity contribution in [2.75, 3.05) is 0 Å². The lowest BCUT2D eigenvalue weighted by molar-refractivity contribution is 0.712. The Morgan fingerprint density at radius 2 is 0.794 bits per heavy atom. The Hall–Kier alpha value is -4.04. The lowest BCUT2D eigenvalue weighted by Gasteiger charge is -2.33. The number of hydrogen-bond acceptors (Lipinski definition) is 0. The summed E-state index contributed by atoms with van der Waals surface area (Å²) in [6, 6.07) is 39.9. The summed E-state index contributed by atoms with van der Waals surface area (Å²) in [7, 11) is 4.49. The van der Waals surface area contributed by atoms with Crippen LogP contribution in [0.5, 0.6) is 0 Å². The van der Waals surface area contributed by atoms with Gasteiger partial charge in [0, 0.05) is 47.3 Å². The Labute approximate surface area is 199 Å². The highest BCUT2D eigenvalue weighted by atomic mass is 15.0. The van der Waals surface area contributed by atoms with Gasteiger partial charge in [0.15, 0.2) is 0 Å². The maximum Gasteiger partial charge on any atom is 0.0520 e. The molecule has 34 heavy (non-hydrogen) atoms. The van der Waals surface area contributed by atoms with Gasteiger partial charge in [0.1, 0.15) is 0 Å². The SMILES string of the molecule is Cn1c2c(c3ccccc31)C(c1ccccc1)c1c(c3ccccc3n1C)C2c1ccccc1. The molecule has 2 unspecified atom stereocenters. The van der Waals surface area contributed by atoms with Crippen LogP contribution in [0.2, 0.25) is 0 Å². The molecule has 2 heteroatoms. The molecule has 0 fully saturated rings. The van der Waals surface area contributed by atoms with E-state index in [1.807, 2.05) is 0 Å². The van der Waals surface area contributed by atoms with Crippen molar-refractivity contribution >= 4 is 21.8 Å². The Morgan fingerprint density at radius 1 is 0.441 bits per heavy atom. The molecule has 0 aliphatic heterocycles. The number of fused-ring (bicyclic) bond motifs is 6. The Kier molecular flexibility index (Phi) is 4.13. The van der Waals surface area contributed by atoms with Crippen LogP contribution in [0.4, 0.5) is 0 Å². The molecule has 4 aromatic carbocycles. The third kappa shape index (κ3) is 2.51. The summed E-state index contributed by atoms with van der Waals surface area (Å²) in [6.07, 6.45) is 0. The van der Waals surface area contributed by atoms with Gasteiger partial charge in [-0.05, 0) is 34.4 Å². The second-order valence-corrected chi connectivity index (χ2v) is 9.44. The number of para-hydroxylation sites is 2. The molecule has 1 aliphatic carbocycles. The van der Waals surface area contributed by atoms with E-state index < -0.39 is 0 Å². The van der Waals surface area contributed by atoms with Crippen molar-refractivity contribution in [2.24, 2.45) is 14.1 Å². The summed E-state index contributed by atoms with van der Waals surface area (Å²) >= 11 is 0. The number of aryl methyl sites for hydroxylation is 2. The zero-order valence-electron chi connectivity index (χ0n) is 19.4. The minimum absolute atomic E-state index is 0.176. The van der Waals surface area contributed by atoms with Crippen LogP contribution in [-0.4, -0.2) is 9.13 Å². The highest BCUT2D eigenvalue weighted by Gasteiger charge is 2.41. The summed E-state index contributed by atoms with van der Waals surface area (Å²) < 4.78 is 4.89. The molecule has 2 atom stereocenters. The predicted octanol–water partition coefficient (Wildman–Crippen LogP) is 7.34. The molecule has 0 amide bonds. The molecule has 164 valence electrons. The summed E-state index contributed by atoms with van der Waals surface area (Å²) in [6.45, 7) is 0. The molecular weight excluding hydrogens is 412 g/mol. The predicted molar refractivity (Wildman–Crippen MR) is 141 cm³/mol. The van der Waals surface area contributed by atoms with E-state index >= 15 is 0 Å². The maximum absolute atomic E-state index is 2.45. The first kappa shape index (κ1) is 19.4. The van der Waals surface area contributed by atoms with Crippen molar-refractivity contribution in [1.82, 2.24) is 9.13 Å². The summed E-state index contributed by atoms with van der Waals surface area (Å²) in [5.74, 6) is 0.351. The van der Waals surface area contributed by atoms with Gasteiger partial charge in [0.25, 0.3) is 0 Å². The van der Waals surface area contributed by atoms with Gasteiger partial charge < -0.3 is 9.13 Å². The summed E-state index contributed by atoms with van der Waals surface area (Å²) in [4.78, 5) is 0. The molecule has 0 saturated carbocycles. The van der Waals surface area contributed by atoms with Crippen molar-refractivity contribution in [3.8, 4) is 0 Å². The van der Waals surface area contributed by atoms with Gasteiger partial charge in [-0.25, -0.2) is 0 Å². The van der Waals surface area contributed by atoms with Crippen molar-refractivity contribution in [2.45, 2.75) is 11.8 Å². The molecule has 2 nitrogen and oxygen atoms in total. The third-order valence-corrected chi connectivity index (χ3v) is 7.78. The van der Waals surface area contributed by atoms with Crippen LogP contribution in [-0.2, 0) is 14.1 Å². The second kappa shape index (κ2) is 7.23. The zero-order valence-corrected chi connectivity index (χ0v) is 19.4. The topological polar surface area (TPSA) is 9.86 Å². The highest BCUT2D eigenvalue weighted by Crippen LogP contribution is 2.54. The molecular formula is C32H26N2. The van der Waals surface area contributed by atoms with Crippen molar-refractivity contribution in [3.63, 3.8) is 0 Å². The van der Waals surface area contributed by atoms with Crippen LogP contribution >= 0.6 is 0 Å². The number of benzene rings is 4. The van der Waals surface area contributed by atoms with Crippen LogP contribution in [0, 0.1) is 0 Å². The zero-order chi connectivity index (χ0) is 22.8. The summed E-state index contributed by atoms with van der Waals surface area (Å²) in [5.41, 5.74) is 11.0. The van der Waals surface area contributed by atoms with Crippen LogP contribution in [0.15, 0.2) is 109 Å². The van der Waals surface area contributed by atoms with Gasteiger partial charge in [-0.3, -0.25) is 0 Å². The van der Waals surface area contributed by atoms with Crippen molar-refractivity contribution in [1.29, 1.82) is 0 Å². The molecule has 2 heterocycles. The fourth-order valence-corrected chi connectivity index (χ4v) is 6.40. The minimum Gasteiger partial charge on any atom is -0.346 e. The van der Waals surface area contributed by atoms with Crippen LogP contribution < -0.4 is 0 Å². The largest absolute Gasteiger partial charge is 0.346 e. The number of hydrogen-bond donors (Lipinski definition) is 0. The fraction of sp³-hybridized carbons (Fsp3) is 0.125. The third-order valence-electron chi connectivity index (χ3n) is 7.78. The quantitative estimate of drug-likeness (QED) is 0.267. The van der Waals surface area contributed by atoms with Crippen LogP contribution in [0.1, 0.15) is 45.5 Å². The normalized spacial score (nSPS) is 17.1. The summed E-state index contributed by atoms with van der Waals surface area (Å²) in [5, 5.41) is 2.70. The van der Waals surface area contributed by atoms with E-state index in [0.717, 1.165) is 0 Å². The molecule has 6 aromatic rings. The van der Waals surface area contributed by atoms with E-state index in [1.165, 1.54) is 55.4 Å². The standard InChI is InChI=1S/C32H26N2/c1-33-25-19-11-9-17-23(25)29-28(22-15-7-4-8-16-22)32-30(24-18-10-12-20-26(24)34(32)2)27(31(29)33)21-13-5-3-6-14-21/h3-20,27-28H,1-2H3. The van der Waals surface area contributed by atoms with Gasteiger partial charge in [0.05, 0.1) is 11.8 Å². The fourth-order valence-electron chi connectivity index (χ4n) is 6.40. The Bertz CT molecular complexity index is 1540. The average Bonchev–Trinajstić information content (AvgIpc) is 3.36. The lowest BCUT2D eigenvalue weighted by atomic mass is 9.72. The van der Waals surface area contributed by atoms with Gasteiger partial charge in [0.2, 0.25) is 0 Å². The van der Waals surface area contributed by atoms with Gasteiger partial charge in [-0.15, -0.1) is 0 Å². The Balaban J connectivity index is 1.70. The van der Waals surface area contributed by atoms with Crippen LogP contribution in [0.25, 0.3) is 21.8 Å². The van der Waals surface area contributed by atoms with Gasteiger partial charge >= 0.3 is 0 Å².